The van der Waals surface area contributed by atoms with E-state index in [0.717, 1.165) is 6.07 Å². The van der Waals surface area contributed by atoms with E-state index >= 15 is 0 Å². The van der Waals surface area contributed by atoms with Crippen molar-refractivity contribution in [2.45, 2.75) is 37.2 Å². The van der Waals surface area contributed by atoms with Gasteiger partial charge in [-0.05, 0) is 50.6 Å². The predicted molar refractivity (Wildman–Crippen MR) is 130 cm³/mol. The Morgan fingerprint density at radius 2 is 2.06 bits per heavy atom. The molecule has 0 spiro atoms. The molecule has 9 nitrogen and oxygen atoms in total. The van der Waals surface area contributed by atoms with Crippen LogP contribution in [0.4, 0.5) is 14.5 Å². The number of carbonyl (C=O) groups excluding carboxylic acids is 1. The summed E-state index contributed by atoms with van der Waals surface area (Å²) >= 11 is 0. The zero-order valence-electron chi connectivity index (χ0n) is 19.5. The molecule has 3 heterocycles. The van der Waals surface area contributed by atoms with Crippen LogP contribution >= 0.6 is 10.6 Å². The van der Waals surface area contributed by atoms with E-state index in [0.29, 0.717) is 24.5 Å². The van der Waals surface area contributed by atoms with E-state index in [1.54, 1.807) is 13.0 Å². The van der Waals surface area contributed by atoms with Crippen molar-refractivity contribution in [2.24, 2.45) is 10.7 Å². The number of pyridine rings is 1. The average molecular weight is 511 g/mol. The van der Waals surface area contributed by atoms with Crippen LogP contribution in [0.1, 0.15) is 35.5 Å². The number of aliphatic imine (C=N–C) groups is 1. The quantitative estimate of drug-likeness (QED) is 0.465. The van der Waals surface area contributed by atoms with E-state index in [1.807, 2.05) is 0 Å². The summed E-state index contributed by atoms with van der Waals surface area (Å²) in [6.45, 7) is 4.45. The lowest BCUT2D eigenvalue weighted by Crippen LogP contribution is -2.53. The number of hydrogen-bond donors (Lipinski definition) is 4. The van der Waals surface area contributed by atoms with Gasteiger partial charge in [0, 0.05) is 11.3 Å². The van der Waals surface area contributed by atoms with E-state index in [1.165, 1.54) is 32.2 Å². The lowest BCUT2D eigenvalue weighted by atomic mass is 9.92. The Morgan fingerprint density at radius 1 is 1.34 bits per heavy atom. The van der Waals surface area contributed by atoms with Gasteiger partial charge in [0.1, 0.15) is 46.2 Å². The molecule has 0 saturated carbocycles. The van der Waals surface area contributed by atoms with Crippen LogP contribution in [0.2, 0.25) is 0 Å². The van der Waals surface area contributed by atoms with E-state index in [9.17, 15) is 22.7 Å². The Morgan fingerprint density at radius 3 is 2.63 bits per heavy atom. The summed E-state index contributed by atoms with van der Waals surface area (Å²) in [5.74, 6) is -1.61. The maximum Gasteiger partial charge on any atom is 0.274 e. The number of aryl methyl sites for hydroxylation is 1. The number of hydrogen-bond acceptors (Lipinski definition) is 8. The number of carbonyl (C=O) groups is 1. The summed E-state index contributed by atoms with van der Waals surface area (Å²) in [7, 11) is -3.47. The minimum atomic E-state index is -3.47. The SMILES string of the molecule is Cc1cc(OC2COC2)cnc1C(=O)Nc1ccc(F)c([C@]2(CF)CS(O)(O)C(C)(C)C(N)=N2)c1. The molecular weight excluding hydrogens is 482 g/mol. The Hall–Kier alpha value is -2.80. The number of amides is 1. The van der Waals surface area contributed by atoms with Crippen LogP contribution in [0.25, 0.3) is 0 Å². The van der Waals surface area contributed by atoms with Crippen LogP contribution in [0, 0.1) is 12.7 Å². The summed E-state index contributed by atoms with van der Waals surface area (Å²) < 4.78 is 60.1. The molecule has 190 valence electrons. The highest BCUT2D eigenvalue weighted by Crippen LogP contribution is 2.59. The third-order valence-corrected chi connectivity index (χ3v) is 9.06. The standard InChI is InChI=1S/C23H28F2N4O5S/c1-13-6-15(34-16-9-33-10-16)8-27-19(13)20(30)28-14-4-5-18(25)17(7-14)23(11-24)12-35(31,32)22(2,3)21(26)29-23/h4-8,16,31-32H,9-12H2,1-3H3,(H2,26,29)(H,28,30)/t23-/m0/s1. The largest absolute Gasteiger partial charge is 0.484 e. The molecule has 0 aliphatic carbocycles. The maximum absolute atomic E-state index is 14.9. The van der Waals surface area contributed by atoms with Crippen LogP contribution in [0.3, 0.4) is 0 Å². The average Bonchev–Trinajstić information content (AvgIpc) is 2.76. The van der Waals surface area contributed by atoms with Gasteiger partial charge in [0.2, 0.25) is 0 Å². The highest BCUT2D eigenvalue weighted by atomic mass is 32.3. The maximum atomic E-state index is 14.9. The van der Waals surface area contributed by atoms with Crippen molar-refractivity contribution in [3.05, 3.63) is 53.1 Å². The molecule has 1 amide bonds. The highest BCUT2D eigenvalue weighted by Gasteiger charge is 2.51. The predicted octanol–water partition coefficient (Wildman–Crippen LogP) is 3.62. The molecule has 2 aliphatic rings. The van der Waals surface area contributed by atoms with Gasteiger partial charge in [-0.3, -0.25) is 18.9 Å². The molecule has 1 atom stereocenters. The number of aromatic nitrogens is 1. The molecule has 1 saturated heterocycles. The number of nitrogens with two attached hydrogens (primary N) is 1. The number of ether oxygens (including phenoxy) is 2. The molecule has 12 heteroatoms. The molecule has 2 aliphatic heterocycles. The smallest absolute Gasteiger partial charge is 0.274 e. The van der Waals surface area contributed by atoms with Gasteiger partial charge < -0.3 is 20.5 Å². The second-order valence-electron chi connectivity index (χ2n) is 9.25. The fraction of sp³-hybridized carbons (Fsp3) is 0.435. The molecule has 1 fully saturated rings. The first-order valence-corrected chi connectivity index (χ1v) is 12.6. The Kier molecular flexibility index (Phi) is 6.51. The lowest BCUT2D eigenvalue weighted by molar-refractivity contribution is -0.0798. The number of amidine groups is 1. The molecule has 0 unspecified atom stereocenters. The van der Waals surface area contributed by atoms with Crippen molar-refractivity contribution in [3.63, 3.8) is 0 Å². The zero-order chi connectivity index (χ0) is 25.6. The molecule has 0 radical (unpaired) electrons. The minimum absolute atomic E-state index is 0.0446. The minimum Gasteiger partial charge on any atom is -0.484 e. The summed E-state index contributed by atoms with van der Waals surface area (Å²) in [6.07, 6.45) is 1.39. The number of rotatable bonds is 6. The topological polar surface area (TPSA) is 139 Å². The van der Waals surface area contributed by atoms with Crippen molar-refractivity contribution in [1.82, 2.24) is 4.98 Å². The Bertz CT molecular complexity index is 1190. The van der Waals surface area contributed by atoms with Gasteiger partial charge >= 0.3 is 0 Å². The molecule has 35 heavy (non-hydrogen) atoms. The van der Waals surface area contributed by atoms with Crippen molar-refractivity contribution in [1.29, 1.82) is 0 Å². The lowest BCUT2D eigenvalue weighted by Gasteiger charge is -2.53. The molecular formula is C23H28F2N4O5S. The van der Waals surface area contributed by atoms with Gasteiger partial charge in [-0.15, -0.1) is 0 Å². The van der Waals surface area contributed by atoms with Crippen LogP contribution in [0.15, 0.2) is 35.5 Å². The number of benzene rings is 1. The number of halogens is 2. The van der Waals surface area contributed by atoms with E-state index in [-0.39, 0.29) is 28.9 Å². The van der Waals surface area contributed by atoms with Gasteiger partial charge in [0.25, 0.3) is 5.91 Å². The first-order valence-electron chi connectivity index (χ1n) is 10.9. The van der Waals surface area contributed by atoms with E-state index in [2.05, 4.69) is 15.3 Å². The zero-order valence-corrected chi connectivity index (χ0v) is 20.4. The van der Waals surface area contributed by atoms with Gasteiger partial charge in [-0.25, -0.2) is 13.8 Å². The van der Waals surface area contributed by atoms with Crippen LogP contribution < -0.4 is 15.8 Å². The summed E-state index contributed by atoms with van der Waals surface area (Å²) in [4.78, 5) is 21.2. The molecule has 5 N–H and O–H groups in total. The number of anilines is 1. The van der Waals surface area contributed by atoms with Crippen molar-refractivity contribution >= 4 is 28.0 Å². The highest BCUT2D eigenvalue weighted by molar-refractivity contribution is 8.26. The van der Waals surface area contributed by atoms with Gasteiger partial charge in [0.15, 0.2) is 0 Å². The van der Waals surface area contributed by atoms with Gasteiger partial charge in [-0.1, -0.05) is 0 Å². The van der Waals surface area contributed by atoms with Crippen molar-refractivity contribution in [2.75, 3.05) is 31.0 Å². The fourth-order valence-electron chi connectivity index (χ4n) is 3.83. The molecule has 0 bridgehead atoms. The van der Waals surface area contributed by atoms with Crippen LogP contribution in [-0.2, 0) is 10.3 Å². The second-order valence-corrected chi connectivity index (χ2v) is 11.9. The second kappa shape index (κ2) is 9.01. The normalized spacial score (nSPS) is 24.1. The third-order valence-electron chi connectivity index (χ3n) is 6.33. The molecule has 4 rings (SSSR count). The van der Waals surface area contributed by atoms with Crippen molar-refractivity contribution < 1.29 is 32.2 Å². The summed E-state index contributed by atoms with van der Waals surface area (Å²) in [6, 6.07) is 5.27. The first-order chi connectivity index (χ1) is 16.4. The molecule has 1 aromatic heterocycles. The summed E-state index contributed by atoms with van der Waals surface area (Å²) in [5, 5.41) is 2.63. The van der Waals surface area contributed by atoms with Crippen molar-refractivity contribution in [3.8, 4) is 5.75 Å². The number of nitrogens with zero attached hydrogens (tertiary/aromatic N) is 2. The number of nitrogens with one attached hydrogen (secondary N) is 1. The first kappa shape index (κ1) is 25.3. The number of alkyl halides is 1. The van der Waals surface area contributed by atoms with Crippen LogP contribution in [0.5, 0.6) is 5.75 Å². The Labute approximate surface area is 203 Å². The third kappa shape index (κ3) is 4.58. The van der Waals surface area contributed by atoms with Gasteiger partial charge in [-0.2, -0.15) is 10.6 Å². The van der Waals surface area contributed by atoms with E-state index in [4.69, 9.17) is 15.2 Å². The van der Waals surface area contributed by atoms with Gasteiger partial charge in [0.05, 0.1) is 25.2 Å². The van der Waals surface area contributed by atoms with E-state index < -0.39 is 45.0 Å². The Balaban J connectivity index is 1.61. The molecule has 1 aromatic carbocycles. The monoisotopic (exact) mass is 510 g/mol. The molecule has 2 aromatic rings. The van der Waals surface area contributed by atoms with Crippen LogP contribution in [-0.4, -0.2) is 62.3 Å². The fourth-order valence-corrected chi connectivity index (χ4v) is 5.54. The summed E-state index contributed by atoms with van der Waals surface area (Å²) in [5.41, 5.74) is 4.62.